The minimum atomic E-state index is -0.764. The van der Waals surface area contributed by atoms with Crippen LogP contribution in [-0.2, 0) is 23.9 Å². The number of benzene rings is 4. The molecule has 0 saturated heterocycles. The summed E-state index contributed by atoms with van der Waals surface area (Å²) in [5.74, 6) is -2.76. The predicted molar refractivity (Wildman–Crippen MR) is 182 cm³/mol. The van der Waals surface area contributed by atoms with Crippen molar-refractivity contribution in [1.29, 1.82) is 0 Å². The van der Waals surface area contributed by atoms with Crippen molar-refractivity contribution in [2.24, 2.45) is 0 Å². The summed E-state index contributed by atoms with van der Waals surface area (Å²) < 4.78 is 31.7. The van der Waals surface area contributed by atoms with Crippen LogP contribution in [0.1, 0.15) is 37.5 Å². The first kappa shape index (κ1) is 36.8. The number of ether oxygens (including phenoxy) is 6. The fourth-order valence-corrected chi connectivity index (χ4v) is 4.24. The van der Waals surface area contributed by atoms with E-state index < -0.39 is 42.2 Å². The van der Waals surface area contributed by atoms with Gasteiger partial charge in [-0.15, -0.1) is 0 Å². The summed E-state index contributed by atoms with van der Waals surface area (Å²) in [6.45, 7) is 9.22. The molecule has 258 valence electrons. The molecule has 0 fully saturated rings. The molecular formula is C39H30O12. The molecule has 0 heterocycles. The lowest BCUT2D eigenvalue weighted by Crippen LogP contribution is -2.12. The quantitative estimate of drug-likeness (QED) is 0.0307. The van der Waals surface area contributed by atoms with Crippen LogP contribution in [0.15, 0.2) is 129 Å². The Morgan fingerprint density at radius 1 is 0.549 bits per heavy atom. The molecule has 0 spiro atoms. The van der Waals surface area contributed by atoms with Gasteiger partial charge < -0.3 is 28.4 Å². The largest absolute Gasteiger partial charge is 0.457 e. The first-order valence-electron chi connectivity index (χ1n) is 15.0. The Hall–Kier alpha value is -7.08. The predicted octanol–water partition coefficient (Wildman–Crippen LogP) is 6.25. The molecule has 4 aromatic carbocycles. The molecule has 0 radical (unpaired) electrons. The minimum absolute atomic E-state index is 0.0972. The van der Waals surface area contributed by atoms with E-state index >= 15 is 0 Å². The van der Waals surface area contributed by atoms with Crippen molar-refractivity contribution in [2.45, 2.75) is 6.42 Å². The summed E-state index contributed by atoms with van der Waals surface area (Å²) in [5, 5.41) is 0. The summed E-state index contributed by atoms with van der Waals surface area (Å²) in [5.41, 5.74) is 1.31. The number of carbonyl (C=O) groups is 6. The number of rotatable bonds is 17. The highest BCUT2D eigenvalue weighted by Crippen LogP contribution is 2.32. The second-order valence-electron chi connectivity index (χ2n) is 10.2. The number of hydrogen-bond donors (Lipinski definition) is 0. The van der Waals surface area contributed by atoms with E-state index in [1.165, 1.54) is 72.8 Å². The van der Waals surface area contributed by atoms with E-state index in [4.69, 9.17) is 28.4 Å². The molecule has 4 rings (SSSR count). The highest BCUT2D eigenvalue weighted by Gasteiger charge is 2.19. The van der Waals surface area contributed by atoms with Gasteiger partial charge in [-0.2, -0.15) is 0 Å². The Bertz CT molecular complexity index is 1970. The van der Waals surface area contributed by atoms with Crippen LogP contribution in [0.2, 0.25) is 0 Å². The van der Waals surface area contributed by atoms with Crippen LogP contribution < -0.4 is 18.9 Å². The van der Waals surface area contributed by atoms with Crippen LogP contribution in [0, 0.1) is 0 Å². The highest BCUT2D eigenvalue weighted by molar-refractivity contribution is 6.11. The van der Waals surface area contributed by atoms with Gasteiger partial charge in [-0.25, -0.2) is 19.2 Å². The second kappa shape index (κ2) is 17.9. The molecule has 0 unspecified atom stereocenters. The first-order valence-corrected chi connectivity index (χ1v) is 15.0. The number of hydrogen-bond acceptors (Lipinski definition) is 12. The molecule has 0 saturated carbocycles. The van der Waals surface area contributed by atoms with Crippen molar-refractivity contribution in [3.63, 3.8) is 0 Å². The van der Waals surface area contributed by atoms with Crippen molar-refractivity contribution in [2.75, 3.05) is 13.6 Å². The summed E-state index contributed by atoms with van der Waals surface area (Å²) >= 11 is 0. The molecule has 4 aromatic rings. The average molecular weight is 691 g/mol. The van der Waals surface area contributed by atoms with Crippen molar-refractivity contribution in [1.82, 2.24) is 0 Å². The number of Topliss-reactive ketones (excluding diaryl/α,β-unsaturated/α-hetero) is 1. The Labute approximate surface area is 292 Å². The Kier molecular flexibility index (Phi) is 12.9. The maximum atomic E-state index is 13.5. The lowest BCUT2D eigenvalue weighted by atomic mass is 9.99. The Balaban J connectivity index is 1.54. The van der Waals surface area contributed by atoms with Gasteiger partial charge in [0, 0.05) is 17.7 Å². The molecule has 51 heavy (non-hydrogen) atoms. The molecule has 12 heteroatoms. The van der Waals surface area contributed by atoms with Crippen LogP contribution in [0.4, 0.5) is 0 Å². The fourth-order valence-electron chi connectivity index (χ4n) is 4.24. The smallest absolute Gasteiger partial charge is 0.344 e. The van der Waals surface area contributed by atoms with Gasteiger partial charge in [-0.1, -0.05) is 31.9 Å². The van der Waals surface area contributed by atoms with E-state index in [1.54, 1.807) is 18.2 Å². The number of esters is 4. The van der Waals surface area contributed by atoms with Crippen LogP contribution >= 0.6 is 0 Å². The van der Waals surface area contributed by atoms with Crippen LogP contribution in [0.25, 0.3) is 11.1 Å². The monoisotopic (exact) mass is 690 g/mol. The van der Waals surface area contributed by atoms with Crippen molar-refractivity contribution < 1.29 is 57.2 Å². The first-order chi connectivity index (χ1) is 24.6. The zero-order valence-electron chi connectivity index (χ0n) is 27.0. The standard InChI is InChI=1S/C39H30O12/c1-4-28(40)21-35(41)25-10-16-30(17-11-25)50-39(45)33-19-18-31(47-24-49-37(43)6-3)22-34(33)27-8-7-9-32(20-27)51-38(44)26-12-14-29(15-13-26)46-23-48-36(42)5-2/h4-20,22H,1-3,21,23-24H2. The molecular weight excluding hydrogens is 660 g/mol. The molecule has 0 amide bonds. The van der Waals surface area contributed by atoms with Gasteiger partial charge in [0.1, 0.15) is 23.0 Å². The molecule has 0 N–H and O–H groups in total. The van der Waals surface area contributed by atoms with E-state index in [9.17, 15) is 28.8 Å². The van der Waals surface area contributed by atoms with E-state index in [2.05, 4.69) is 19.7 Å². The number of carbonyl (C=O) groups excluding carboxylic acids is 6. The lowest BCUT2D eigenvalue weighted by molar-refractivity contribution is -0.145. The Morgan fingerprint density at radius 2 is 1.12 bits per heavy atom. The van der Waals surface area contributed by atoms with Gasteiger partial charge >= 0.3 is 23.9 Å². The van der Waals surface area contributed by atoms with Crippen molar-refractivity contribution >= 4 is 35.4 Å². The molecule has 0 atom stereocenters. The normalized spacial score (nSPS) is 10.1. The van der Waals surface area contributed by atoms with Gasteiger partial charge in [0.2, 0.25) is 13.6 Å². The van der Waals surface area contributed by atoms with Gasteiger partial charge in [-0.3, -0.25) is 9.59 Å². The summed E-state index contributed by atoms with van der Waals surface area (Å²) in [6, 6.07) is 22.4. The molecule has 0 aliphatic rings. The molecule has 0 aliphatic carbocycles. The van der Waals surface area contributed by atoms with E-state index in [0.717, 1.165) is 18.2 Å². The number of allylic oxidation sites excluding steroid dienone is 1. The topological polar surface area (TPSA) is 158 Å². The van der Waals surface area contributed by atoms with Crippen molar-refractivity contribution in [3.8, 4) is 34.1 Å². The maximum Gasteiger partial charge on any atom is 0.344 e. The minimum Gasteiger partial charge on any atom is -0.457 e. The van der Waals surface area contributed by atoms with Gasteiger partial charge in [0.15, 0.2) is 11.6 Å². The summed E-state index contributed by atoms with van der Waals surface area (Å²) in [4.78, 5) is 72.9. The van der Waals surface area contributed by atoms with Crippen LogP contribution in [-0.4, -0.2) is 49.0 Å². The number of ketones is 2. The van der Waals surface area contributed by atoms with Gasteiger partial charge in [0.05, 0.1) is 17.5 Å². The van der Waals surface area contributed by atoms with Crippen LogP contribution in [0.5, 0.6) is 23.0 Å². The third-order valence-corrected chi connectivity index (χ3v) is 6.79. The van der Waals surface area contributed by atoms with Gasteiger partial charge in [-0.05, 0) is 96.1 Å². The van der Waals surface area contributed by atoms with E-state index in [0.29, 0.717) is 16.9 Å². The second-order valence-corrected chi connectivity index (χ2v) is 10.2. The molecule has 0 aromatic heterocycles. The van der Waals surface area contributed by atoms with E-state index in [1.807, 2.05) is 0 Å². The highest BCUT2D eigenvalue weighted by atomic mass is 16.7. The SMILES string of the molecule is C=CC(=O)CC(=O)c1ccc(OC(=O)c2ccc(OCOC(=O)C=C)cc2-c2cccc(OC(=O)c3ccc(OCOC(=O)C=C)cc3)c2)cc1. The lowest BCUT2D eigenvalue weighted by Gasteiger charge is -2.14. The summed E-state index contributed by atoms with van der Waals surface area (Å²) in [7, 11) is 0. The Morgan fingerprint density at radius 3 is 1.75 bits per heavy atom. The maximum absolute atomic E-state index is 13.5. The molecule has 12 nitrogen and oxygen atoms in total. The molecule has 0 aliphatic heterocycles. The summed E-state index contributed by atoms with van der Waals surface area (Å²) in [6.07, 6.45) is 2.72. The fraction of sp³-hybridized carbons (Fsp3) is 0.0769. The van der Waals surface area contributed by atoms with Crippen LogP contribution in [0.3, 0.4) is 0 Å². The van der Waals surface area contributed by atoms with Crippen molar-refractivity contribution in [3.05, 3.63) is 146 Å². The van der Waals surface area contributed by atoms with Gasteiger partial charge in [0.25, 0.3) is 0 Å². The van der Waals surface area contributed by atoms with E-state index in [-0.39, 0.29) is 47.2 Å². The average Bonchev–Trinajstić information content (AvgIpc) is 3.15. The third kappa shape index (κ3) is 10.7. The zero-order chi connectivity index (χ0) is 36.8. The zero-order valence-corrected chi connectivity index (χ0v) is 27.0. The third-order valence-electron chi connectivity index (χ3n) is 6.79. The molecule has 0 bridgehead atoms.